The number of alkyl carbamates (subject to hydrolysis) is 1. The van der Waals surface area contributed by atoms with E-state index >= 15 is 0 Å². The fourth-order valence-corrected chi connectivity index (χ4v) is 7.16. The molecule has 7 aromatic rings. The van der Waals surface area contributed by atoms with E-state index in [0.717, 1.165) is 43.3 Å². The number of rotatable bonds is 8. The van der Waals surface area contributed by atoms with Crippen LogP contribution in [0.1, 0.15) is 6.42 Å². The summed E-state index contributed by atoms with van der Waals surface area (Å²) in [6.45, 7) is 0.429. The Labute approximate surface area is 322 Å². The van der Waals surface area contributed by atoms with E-state index in [-0.39, 0.29) is 26.3 Å². The Kier molecular flexibility index (Phi) is 8.17. The van der Waals surface area contributed by atoms with Gasteiger partial charge in [0.1, 0.15) is 28.3 Å². The van der Waals surface area contributed by atoms with Gasteiger partial charge >= 0.3 is 6.09 Å². The molecule has 0 atom stereocenters. The van der Waals surface area contributed by atoms with E-state index in [0.29, 0.717) is 63.4 Å². The third-order valence-electron chi connectivity index (χ3n) is 9.83. The zero-order valence-corrected chi connectivity index (χ0v) is 30.0. The van der Waals surface area contributed by atoms with Crippen molar-refractivity contribution in [2.24, 2.45) is 0 Å². The number of nitrogens with zero attached hydrogens (tertiary/aromatic N) is 7. The Bertz CT molecular complexity index is 3010. The van der Waals surface area contributed by atoms with Crippen molar-refractivity contribution >= 4 is 62.0 Å². The Morgan fingerprint density at radius 3 is 1.70 bits per heavy atom. The number of imide groups is 1. The number of amides is 3. The molecule has 15 nitrogen and oxygen atoms in total. The van der Waals surface area contributed by atoms with Gasteiger partial charge in [0, 0.05) is 70.1 Å². The number of fused-ring (bicyclic) bond motifs is 20. The molecule has 3 aliphatic rings. The van der Waals surface area contributed by atoms with E-state index in [4.69, 9.17) is 39.4 Å². The molecule has 10 rings (SSSR count). The van der Waals surface area contributed by atoms with Crippen LogP contribution < -0.4 is 10.1 Å². The highest BCUT2D eigenvalue weighted by atomic mass is 16.5. The van der Waals surface area contributed by atoms with Crippen LogP contribution in [0.3, 0.4) is 0 Å². The van der Waals surface area contributed by atoms with Crippen molar-refractivity contribution in [2.75, 3.05) is 26.3 Å². The zero-order valence-electron chi connectivity index (χ0n) is 30.0. The first-order valence-corrected chi connectivity index (χ1v) is 18.3. The van der Waals surface area contributed by atoms with Crippen LogP contribution in [-0.4, -0.2) is 89.0 Å². The van der Waals surface area contributed by atoms with Crippen molar-refractivity contribution in [3.63, 3.8) is 0 Å². The molecule has 6 heterocycles. The predicted molar refractivity (Wildman–Crippen MR) is 211 cm³/mol. The molecule has 0 spiro atoms. The molecular formula is C42H30N10O5. The molecule has 3 amide bonds. The third-order valence-corrected chi connectivity index (χ3v) is 9.83. The Balaban J connectivity index is 1.04. The molecule has 0 fully saturated rings. The van der Waals surface area contributed by atoms with Gasteiger partial charge in [-0.3, -0.25) is 14.5 Å². The largest absolute Gasteiger partial charge is 0.493 e. The molecule has 0 unspecified atom stereocenters. The lowest BCUT2D eigenvalue weighted by Gasteiger charge is -2.14. The first kappa shape index (κ1) is 33.7. The van der Waals surface area contributed by atoms with Crippen molar-refractivity contribution in [3.8, 4) is 51.3 Å². The van der Waals surface area contributed by atoms with Crippen molar-refractivity contribution < 1.29 is 23.9 Å². The number of ether oxygens (including phenoxy) is 2. The summed E-state index contributed by atoms with van der Waals surface area (Å²) in [6.07, 6.45) is 2.12. The van der Waals surface area contributed by atoms with E-state index in [1.165, 1.54) is 12.2 Å². The van der Waals surface area contributed by atoms with Crippen molar-refractivity contribution in [3.05, 3.63) is 103 Å². The van der Waals surface area contributed by atoms with Gasteiger partial charge < -0.3 is 24.8 Å². The number of H-pyrrole nitrogens is 2. The zero-order chi connectivity index (χ0) is 38.5. The average Bonchev–Trinajstić information content (AvgIpc) is 4.03. The summed E-state index contributed by atoms with van der Waals surface area (Å²) in [5.74, 6) is 1.74. The van der Waals surface area contributed by atoms with Crippen LogP contribution in [0.25, 0.3) is 89.7 Å². The molecule has 3 aromatic heterocycles. The number of hydrogen-bond acceptors (Lipinski definition) is 11. The van der Waals surface area contributed by atoms with E-state index in [9.17, 15) is 14.4 Å². The molecule has 3 aliphatic heterocycles. The van der Waals surface area contributed by atoms with Gasteiger partial charge in [-0.15, -0.1) is 0 Å². The molecule has 4 aromatic carbocycles. The molecule has 3 N–H and O–H groups in total. The highest BCUT2D eigenvalue weighted by molar-refractivity contribution is 6.13. The van der Waals surface area contributed by atoms with E-state index in [1.54, 1.807) is 0 Å². The second kappa shape index (κ2) is 13.8. The maximum Gasteiger partial charge on any atom is 0.407 e. The molecule has 278 valence electrons. The maximum atomic E-state index is 12.3. The molecular weight excluding hydrogens is 725 g/mol. The summed E-state index contributed by atoms with van der Waals surface area (Å²) in [7, 11) is 0. The minimum Gasteiger partial charge on any atom is -0.493 e. The topological polar surface area (TPSA) is 194 Å². The second-order valence-corrected chi connectivity index (χ2v) is 13.4. The number of carbonyl (C=O) groups is 3. The lowest BCUT2D eigenvalue weighted by atomic mass is 10.1. The predicted octanol–water partition coefficient (Wildman–Crippen LogP) is 6.29. The summed E-state index contributed by atoms with van der Waals surface area (Å²) < 4.78 is 11.6. The molecule has 0 saturated heterocycles. The lowest BCUT2D eigenvalue weighted by Crippen LogP contribution is -2.38. The molecule has 57 heavy (non-hydrogen) atoms. The van der Waals surface area contributed by atoms with Gasteiger partial charge in [-0.25, -0.2) is 34.7 Å². The standard InChI is InChI=1S/C42H30N10O5/c53-31-17-18-32(54)52(31)20-19-43-42(55)57-22-8-21-56-30-16-7-15-29-33(30)41-50-39-28-14-6-5-13-27(28)37(48-39)46-35-24-10-2-1-9-23(24)34(44-35)45-36-25-11-3-4-12-26(25)38(47-36)49-40(29)51-41/h1-7,9-18H,8,19-22H2,(H,43,55)(H2,44,45,46,47,48,49,50,51). The smallest absolute Gasteiger partial charge is 0.407 e. The second-order valence-electron chi connectivity index (χ2n) is 13.4. The van der Waals surface area contributed by atoms with Crippen molar-refractivity contribution in [2.45, 2.75) is 6.42 Å². The quantitative estimate of drug-likeness (QED) is 0.117. The number of carbonyl (C=O) groups excluding carboxylic acids is 3. The molecule has 0 saturated carbocycles. The molecule has 0 aliphatic carbocycles. The van der Waals surface area contributed by atoms with Crippen LogP contribution in [-0.2, 0) is 14.3 Å². The van der Waals surface area contributed by atoms with E-state index in [2.05, 4.69) is 15.3 Å². The van der Waals surface area contributed by atoms with Crippen molar-refractivity contribution in [1.29, 1.82) is 0 Å². The SMILES string of the molecule is O=C(NCCN1C(=O)C=CC1=O)OCCCOc1cccc2c3nc4nc(nc5nc(nc6[nH]c(nc([nH]3)c12)c1ccccc61)-c1ccccc1-5)-c1ccccc1-4. The number of nitrogens with one attached hydrogen (secondary N) is 3. The Hall–Kier alpha value is -7.81. The van der Waals surface area contributed by atoms with Crippen LogP contribution in [0, 0.1) is 0 Å². The first-order valence-electron chi connectivity index (χ1n) is 18.3. The number of aromatic amines is 2. The van der Waals surface area contributed by atoms with Crippen LogP contribution in [0.5, 0.6) is 5.75 Å². The Morgan fingerprint density at radius 1 is 0.579 bits per heavy atom. The van der Waals surface area contributed by atoms with Gasteiger partial charge in [-0.1, -0.05) is 84.9 Å². The first-order chi connectivity index (χ1) is 28.0. The number of aromatic nitrogens is 8. The molecule has 15 heteroatoms. The van der Waals surface area contributed by atoms with E-state index < -0.39 is 17.9 Å². The highest BCUT2D eigenvalue weighted by Crippen LogP contribution is 2.38. The minimum atomic E-state index is -0.658. The average molecular weight is 755 g/mol. The minimum absolute atomic E-state index is 0.0531. The fraction of sp³-hybridized carbons (Fsp3) is 0.119. The maximum absolute atomic E-state index is 12.3. The number of hydrogen-bond donors (Lipinski definition) is 3. The summed E-state index contributed by atoms with van der Waals surface area (Å²) in [4.78, 5) is 73.8. The molecule has 0 radical (unpaired) electrons. The van der Waals surface area contributed by atoms with Crippen LogP contribution in [0.15, 0.2) is 103 Å². The third kappa shape index (κ3) is 6.07. The van der Waals surface area contributed by atoms with Gasteiger partial charge in [-0.05, 0) is 6.07 Å². The van der Waals surface area contributed by atoms with Crippen LogP contribution >= 0.6 is 0 Å². The van der Waals surface area contributed by atoms with E-state index in [1.807, 2.05) is 91.0 Å². The summed E-state index contributed by atoms with van der Waals surface area (Å²) in [5, 5.41) is 5.75. The van der Waals surface area contributed by atoms with Crippen LogP contribution in [0.2, 0.25) is 0 Å². The Morgan fingerprint density at radius 2 is 1.09 bits per heavy atom. The summed E-state index contributed by atoms with van der Waals surface area (Å²) in [6, 6.07) is 29.3. The number of benzene rings is 4. The van der Waals surface area contributed by atoms with Gasteiger partial charge in [0.2, 0.25) is 0 Å². The summed E-state index contributed by atoms with van der Waals surface area (Å²) in [5.41, 5.74) is 5.59. The van der Waals surface area contributed by atoms with Gasteiger partial charge in [0.15, 0.2) is 23.3 Å². The summed E-state index contributed by atoms with van der Waals surface area (Å²) >= 11 is 0. The molecule has 8 bridgehead atoms. The lowest BCUT2D eigenvalue weighted by molar-refractivity contribution is -0.136. The van der Waals surface area contributed by atoms with Gasteiger partial charge in [0.25, 0.3) is 11.8 Å². The monoisotopic (exact) mass is 754 g/mol. The highest BCUT2D eigenvalue weighted by Gasteiger charge is 2.24. The van der Waals surface area contributed by atoms with Gasteiger partial charge in [0.05, 0.1) is 18.6 Å². The fourth-order valence-electron chi connectivity index (χ4n) is 7.16. The van der Waals surface area contributed by atoms with Gasteiger partial charge in [-0.2, -0.15) is 0 Å². The van der Waals surface area contributed by atoms with Crippen LogP contribution in [0.4, 0.5) is 4.79 Å². The van der Waals surface area contributed by atoms with Crippen molar-refractivity contribution in [1.82, 2.24) is 50.1 Å². The normalized spacial score (nSPS) is 12.9.